The molecule has 0 bridgehead atoms. The highest BCUT2D eigenvalue weighted by atomic mass is 32.2. The molecule has 1 saturated heterocycles. The van der Waals surface area contributed by atoms with E-state index in [-0.39, 0.29) is 16.3 Å². The van der Waals surface area contributed by atoms with Crippen LogP contribution in [-0.2, 0) is 16.4 Å². The standard InChI is InChI=1S/C26H22F2N4O3S2/c27-19-15-21(28)24-23(16-19)36-26(29-24)31-13-11-30(12-14-31)25(33)18-5-7-20(8-6-18)37(34,35)32-10-9-17-3-1-2-4-22(17)32/h1-8,15-16H,9-14H2. The first-order valence-corrected chi connectivity index (χ1v) is 14.1. The van der Waals surface area contributed by atoms with Crippen molar-refractivity contribution in [3.63, 3.8) is 0 Å². The first kappa shape index (κ1) is 23.8. The number of rotatable bonds is 4. The number of benzene rings is 3. The number of para-hydroxylation sites is 1. The molecule has 0 unspecified atom stereocenters. The molecule has 190 valence electrons. The van der Waals surface area contributed by atoms with Crippen molar-refractivity contribution in [3.8, 4) is 0 Å². The third-order valence-corrected chi connectivity index (χ3v) is 9.66. The van der Waals surface area contributed by atoms with Gasteiger partial charge in [-0.1, -0.05) is 29.5 Å². The van der Waals surface area contributed by atoms with Gasteiger partial charge in [0.05, 0.1) is 15.3 Å². The number of nitrogens with zero attached hydrogens (tertiary/aromatic N) is 4. The highest BCUT2D eigenvalue weighted by molar-refractivity contribution is 7.92. The Morgan fingerprint density at radius 3 is 2.41 bits per heavy atom. The molecular weight excluding hydrogens is 518 g/mol. The molecule has 2 aliphatic heterocycles. The Hall–Kier alpha value is -3.57. The van der Waals surface area contributed by atoms with Crippen molar-refractivity contribution in [2.75, 3.05) is 41.9 Å². The molecule has 11 heteroatoms. The van der Waals surface area contributed by atoms with Crippen LogP contribution in [0.2, 0.25) is 0 Å². The molecule has 7 nitrogen and oxygen atoms in total. The lowest BCUT2D eigenvalue weighted by molar-refractivity contribution is 0.0746. The summed E-state index contributed by atoms with van der Waals surface area (Å²) in [5.41, 5.74) is 2.25. The van der Waals surface area contributed by atoms with Crippen LogP contribution in [0.3, 0.4) is 0 Å². The fraction of sp³-hybridized carbons (Fsp3) is 0.231. The zero-order valence-electron chi connectivity index (χ0n) is 19.6. The van der Waals surface area contributed by atoms with Crippen LogP contribution in [0.5, 0.6) is 0 Å². The zero-order chi connectivity index (χ0) is 25.7. The predicted molar refractivity (Wildman–Crippen MR) is 139 cm³/mol. The van der Waals surface area contributed by atoms with Crippen molar-refractivity contribution >= 4 is 48.3 Å². The smallest absolute Gasteiger partial charge is 0.264 e. The molecule has 2 aliphatic rings. The van der Waals surface area contributed by atoms with Crippen LogP contribution >= 0.6 is 11.3 Å². The van der Waals surface area contributed by atoms with Crippen LogP contribution in [0.1, 0.15) is 15.9 Å². The normalized spacial score (nSPS) is 15.9. The molecule has 3 heterocycles. The third kappa shape index (κ3) is 4.21. The second kappa shape index (κ2) is 9.07. The number of thiazole rings is 1. The van der Waals surface area contributed by atoms with Crippen LogP contribution < -0.4 is 9.21 Å². The Bertz CT molecular complexity index is 1610. The van der Waals surface area contributed by atoms with Crippen molar-refractivity contribution in [2.45, 2.75) is 11.3 Å². The topological polar surface area (TPSA) is 73.8 Å². The van der Waals surface area contributed by atoms with E-state index < -0.39 is 21.7 Å². The second-order valence-electron chi connectivity index (χ2n) is 8.99. The van der Waals surface area contributed by atoms with Gasteiger partial charge in [0.25, 0.3) is 15.9 Å². The molecule has 3 aromatic carbocycles. The Morgan fingerprint density at radius 1 is 0.919 bits per heavy atom. The van der Waals surface area contributed by atoms with Gasteiger partial charge in [-0.25, -0.2) is 22.2 Å². The molecule has 37 heavy (non-hydrogen) atoms. The van der Waals surface area contributed by atoms with E-state index in [1.165, 1.54) is 33.8 Å². The first-order valence-electron chi connectivity index (χ1n) is 11.8. The molecule has 1 amide bonds. The lowest BCUT2D eigenvalue weighted by Crippen LogP contribution is -2.48. The Morgan fingerprint density at radius 2 is 1.65 bits per heavy atom. The summed E-state index contributed by atoms with van der Waals surface area (Å²) in [4.78, 5) is 21.2. The highest BCUT2D eigenvalue weighted by Gasteiger charge is 2.31. The Balaban J connectivity index is 1.13. The van der Waals surface area contributed by atoms with E-state index in [1.54, 1.807) is 23.1 Å². The van der Waals surface area contributed by atoms with Gasteiger partial charge in [-0.2, -0.15) is 0 Å². The van der Waals surface area contributed by atoms with Gasteiger partial charge in [0.15, 0.2) is 10.9 Å². The fourth-order valence-electron chi connectivity index (χ4n) is 4.82. The number of hydrogen-bond acceptors (Lipinski definition) is 6. The Labute approximate surface area is 216 Å². The van der Waals surface area contributed by atoms with E-state index in [9.17, 15) is 22.0 Å². The summed E-state index contributed by atoms with van der Waals surface area (Å²) in [5, 5.41) is 0.588. The number of halogens is 2. The summed E-state index contributed by atoms with van der Waals surface area (Å²) >= 11 is 1.22. The minimum Gasteiger partial charge on any atom is -0.345 e. The number of carbonyl (C=O) groups is 1. The van der Waals surface area contributed by atoms with Gasteiger partial charge in [0.2, 0.25) is 0 Å². The molecule has 0 aliphatic carbocycles. The molecule has 1 fully saturated rings. The number of fused-ring (bicyclic) bond motifs is 2. The van der Waals surface area contributed by atoms with Gasteiger partial charge in [-0.3, -0.25) is 9.10 Å². The number of carbonyl (C=O) groups excluding carboxylic acids is 1. The quantitative estimate of drug-likeness (QED) is 0.386. The van der Waals surface area contributed by atoms with Gasteiger partial charge in [0.1, 0.15) is 11.3 Å². The number of amides is 1. The minimum atomic E-state index is -3.73. The average molecular weight is 541 g/mol. The number of sulfonamides is 1. The van der Waals surface area contributed by atoms with Crippen LogP contribution in [-0.4, -0.2) is 56.9 Å². The number of anilines is 2. The summed E-state index contributed by atoms with van der Waals surface area (Å²) in [6.07, 6.45) is 0.667. The molecule has 0 N–H and O–H groups in total. The molecular formula is C26H22F2N4O3S2. The van der Waals surface area contributed by atoms with Crippen molar-refractivity contribution in [2.24, 2.45) is 0 Å². The second-order valence-corrected chi connectivity index (χ2v) is 11.9. The van der Waals surface area contributed by atoms with Crippen molar-refractivity contribution in [3.05, 3.63) is 83.4 Å². The summed E-state index contributed by atoms with van der Waals surface area (Å²) < 4.78 is 55.9. The van der Waals surface area contributed by atoms with Crippen LogP contribution in [0.4, 0.5) is 19.6 Å². The van der Waals surface area contributed by atoms with Gasteiger partial charge in [-0.05, 0) is 48.4 Å². The van der Waals surface area contributed by atoms with E-state index >= 15 is 0 Å². The van der Waals surface area contributed by atoms with Gasteiger partial charge >= 0.3 is 0 Å². The molecule has 0 radical (unpaired) electrons. The third-order valence-electron chi connectivity index (χ3n) is 6.77. The van der Waals surface area contributed by atoms with E-state index in [2.05, 4.69) is 4.98 Å². The van der Waals surface area contributed by atoms with Crippen LogP contribution in [0, 0.1) is 11.6 Å². The zero-order valence-corrected chi connectivity index (χ0v) is 21.2. The van der Waals surface area contributed by atoms with Crippen molar-refractivity contribution in [1.29, 1.82) is 0 Å². The SMILES string of the molecule is O=C(c1ccc(S(=O)(=O)N2CCc3ccccc32)cc1)N1CCN(c2nc3c(F)cc(F)cc3s2)CC1. The van der Waals surface area contributed by atoms with E-state index in [4.69, 9.17) is 0 Å². The van der Waals surface area contributed by atoms with Gasteiger partial charge in [-0.15, -0.1) is 0 Å². The summed E-state index contributed by atoms with van der Waals surface area (Å²) in [7, 11) is -3.73. The van der Waals surface area contributed by atoms with Crippen LogP contribution in [0.25, 0.3) is 10.2 Å². The maximum Gasteiger partial charge on any atom is 0.264 e. The molecule has 0 saturated carbocycles. The van der Waals surface area contributed by atoms with Crippen molar-refractivity contribution in [1.82, 2.24) is 9.88 Å². The highest BCUT2D eigenvalue weighted by Crippen LogP contribution is 2.33. The lowest BCUT2D eigenvalue weighted by atomic mass is 10.2. The molecule has 6 rings (SSSR count). The maximum absolute atomic E-state index is 14.0. The van der Waals surface area contributed by atoms with Gasteiger partial charge in [0, 0.05) is 44.4 Å². The molecule has 0 atom stereocenters. The largest absolute Gasteiger partial charge is 0.345 e. The fourth-order valence-corrected chi connectivity index (χ4v) is 7.38. The lowest BCUT2D eigenvalue weighted by Gasteiger charge is -2.34. The van der Waals surface area contributed by atoms with E-state index in [1.807, 2.05) is 23.1 Å². The van der Waals surface area contributed by atoms with E-state index in [0.29, 0.717) is 60.2 Å². The van der Waals surface area contributed by atoms with E-state index in [0.717, 1.165) is 11.6 Å². The van der Waals surface area contributed by atoms with Crippen molar-refractivity contribution < 1.29 is 22.0 Å². The predicted octanol–water partition coefficient (Wildman–Crippen LogP) is 4.29. The maximum atomic E-state index is 14.0. The van der Waals surface area contributed by atoms with Gasteiger partial charge < -0.3 is 9.80 Å². The molecule has 0 spiro atoms. The Kier molecular flexibility index (Phi) is 5.84. The number of hydrogen-bond donors (Lipinski definition) is 0. The molecule has 1 aromatic heterocycles. The molecule has 4 aromatic rings. The first-order chi connectivity index (χ1) is 17.8. The monoisotopic (exact) mass is 540 g/mol. The number of aromatic nitrogens is 1. The summed E-state index contributed by atoms with van der Waals surface area (Å²) in [5.74, 6) is -1.52. The van der Waals surface area contributed by atoms with Crippen LogP contribution in [0.15, 0.2) is 65.6 Å². The average Bonchev–Trinajstić information content (AvgIpc) is 3.54. The minimum absolute atomic E-state index is 0.144. The summed E-state index contributed by atoms with van der Waals surface area (Å²) in [6.45, 7) is 2.24. The summed E-state index contributed by atoms with van der Waals surface area (Å²) in [6, 6.07) is 15.6. The number of piperazine rings is 1.